The summed E-state index contributed by atoms with van der Waals surface area (Å²) in [6, 6.07) is -2.64. The minimum Gasteiger partial charge on any atom is -1.00 e. The third-order valence-corrected chi connectivity index (χ3v) is 4.03. The smallest absolute Gasteiger partial charge is 1.00 e. The van der Waals surface area contributed by atoms with E-state index in [-0.39, 0.29) is 53.9 Å². The van der Waals surface area contributed by atoms with Crippen LogP contribution in [-0.4, -0.2) is 64.9 Å². The van der Waals surface area contributed by atoms with Gasteiger partial charge in [-0.25, -0.2) is 14.2 Å². The van der Waals surface area contributed by atoms with Crippen LogP contribution < -0.4 is 29.6 Å². The molecule has 2 unspecified atom stereocenters. The van der Waals surface area contributed by atoms with E-state index < -0.39 is 39.9 Å². The summed E-state index contributed by atoms with van der Waals surface area (Å²) in [5, 5.41) is 0.678. The summed E-state index contributed by atoms with van der Waals surface area (Å²) in [5.74, 6) is -1.80. The number of hydrogen-bond acceptors (Lipinski definition) is 7. The Balaban J connectivity index is 0. The number of nitrogens with zero attached hydrogens (tertiary/aromatic N) is 2. The van der Waals surface area contributed by atoms with Gasteiger partial charge in [0.2, 0.25) is 6.41 Å². The second-order valence-electron chi connectivity index (χ2n) is 6.31. The molecule has 0 radical (unpaired) electrons. The SMILES string of the molecule is CCOC(=O)C=C(C)C1C(N(C=O)OC(C)(C)C)C(=O)N1S(=O)(=O)O.[H-].[Na+]. The Morgan fingerprint density at radius 1 is 1.42 bits per heavy atom. The number of carbonyl (C=O) groups excluding carboxylic acids is 3. The molecule has 1 fully saturated rings. The molecule has 1 saturated heterocycles. The molecule has 2 amide bonds. The minimum absolute atomic E-state index is 0. The van der Waals surface area contributed by atoms with Gasteiger partial charge in [0.05, 0.1) is 12.2 Å². The van der Waals surface area contributed by atoms with Crippen molar-refractivity contribution in [2.75, 3.05) is 6.61 Å². The Morgan fingerprint density at radius 2 is 1.96 bits per heavy atom. The van der Waals surface area contributed by atoms with Crippen LogP contribution in [0, 0.1) is 0 Å². The van der Waals surface area contributed by atoms with E-state index in [1.54, 1.807) is 27.7 Å². The maximum atomic E-state index is 12.2. The number of amides is 2. The van der Waals surface area contributed by atoms with Crippen LogP contribution in [0.25, 0.3) is 0 Å². The molecular formula is C14H23N2NaO8S. The van der Waals surface area contributed by atoms with Crippen LogP contribution in [-0.2, 0) is 34.3 Å². The molecule has 1 heterocycles. The molecule has 0 aromatic rings. The number of esters is 1. The van der Waals surface area contributed by atoms with Crippen LogP contribution in [0.15, 0.2) is 11.6 Å². The molecule has 0 aliphatic carbocycles. The molecule has 1 rings (SSSR count). The summed E-state index contributed by atoms with van der Waals surface area (Å²) >= 11 is 0. The van der Waals surface area contributed by atoms with E-state index in [2.05, 4.69) is 0 Å². The average molecular weight is 402 g/mol. The standard InChI is InChI=1S/C14H22N2O8S.Na.H/c1-6-23-10(18)7-9(2)11-12(13(19)16(11)25(20,21)22)15(8-17)24-14(3,4)5;;/h7-8,11-12H,6H2,1-5H3,(H,20,21,22);;/q;+1;-1. The molecule has 0 aromatic heterocycles. The maximum Gasteiger partial charge on any atom is 1.00 e. The molecule has 10 nitrogen and oxygen atoms in total. The molecule has 26 heavy (non-hydrogen) atoms. The molecule has 12 heteroatoms. The monoisotopic (exact) mass is 402 g/mol. The molecule has 0 saturated carbocycles. The zero-order chi connectivity index (χ0) is 19.6. The first-order valence-electron chi connectivity index (χ1n) is 7.42. The summed E-state index contributed by atoms with van der Waals surface area (Å²) in [7, 11) is -4.88. The fourth-order valence-electron chi connectivity index (χ4n) is 2.30. The summed E-state index contributed by atoms with van der Waals surface area (Å²) in [4.78, 5) is 40.4. The van der Waals surface area contributed by atoms with Crippen molar-refractivity contribution in [1.29, 1.82) is 0 Å². The average Bonchev–Trinajstić information content (AvgIpc) is 2.40. The Morgan fingerprint density at radius 3 is 2.35 bits per heavy atom. The Hall–Kier alpha value is -0.980. The third-order valence-electron chi connectivity index (χ3n) is 3.13. The van der Waals surface area contributed by atoms with Gasteiger partial charge in [-0.1, -0.05) is 0 Å². The van der Waals surface area contributed by atoms with Gasteiger partial charge in [0.1, 0.15) is 6.04 Å². The summed E-state index contributed by atoms with van der Waals surface area (Å²) in [6.07, 6.45) is 1.23. The van der Waals surface area contributed by atoms with Gasteiger partial charge in [-0.05, 0) is 40.2 Å². The molecule has 0 aromatic carbocycles. The number of β-lactam (4-membered cyclic amide) rings is 1. The molecule has 144 valence electrons. The van der Waals surface area contributed by atoms with E-state index in [1.807, 2.05) is 0 Å². The fraction of sp³-hybridized carbons (Fsp3) is 0.643. The van der Waals surface area contributed by atoms with Crippen molar-refractivity contribution in [3.8, 4) is 0 Å². The molecule has 0 bridgehead atoms. The first kappa shape index (κ1) is 25.0. The number of carbonyl (C=O) groups is 3. The van der Waals surface area contributed by atoms with Gasteiger partial charge in [-0.15, -0.1) is 0 Å². The zero-order valence-electron chi connectivity index (χ0n) is 16.6. The summed E-state index contributed by atoms with van der Waals surface area (Å²) in [6.45, 7) is 7.95. The van der Waals surface area contributed by atoms with Gasteiger partial charge in [-0.2, -0.15) is 8.42 Å². The molecule has 1 aliphatic heterocycles. The van der Waals surface area contributed by atoms with E-state index in [4.69, 9.17) is 9.57 Å². The Labute approximate surface area is 176 Å². The van der Waals surface area contributed by atoms with Crippen molar-refractivity contribution in [2.24, 2.45) is 0 Å². The van der Waals surface area contributed by atoms with E-state index in [0.29, 0.717) is 5.06 Å². The Bertz CT molecular complexity index is 692. The van der Waals surface area contributed by atoms with Crippen molar-refractivity contribution in [3.63, 3.8) is 0 Å². The van der Waals surface area contributed by atoms with Gasteiger partial charge < -0.3 is 6.16 Å². The molecular weight excluding hydrogens is 379 g/mol. The Kier molecular flexibility index (Phi) is 8.94. The fourth-order valence-corrected chi connectivity index (χ4v) is 3.21. The largest absolute Gasteiger partial charge is 1.00 e. The van der Waals surface area contributed by atoms with E-state index in [0.717, 1.165) is 6.08 Å². The van der Waals surface area contributed by atoms with Crippen LogP contribution in [0.3, 0.4) is 0 Å². The van der Waals surface area contributed by atoms with Crippen molar-refractivity contribution in [3.05, 3.63) is 11.6 Å². The topological polar surface area (TPSA) is 131 Å². The normalized spacial score (nSPS) is 20.8. The number of ether oxygens (including phenoxy) is 1. The van der Waals surface area contributed by atoms with Crippen LogP contribution in [0.4, 0.5) is 0 Å². The van der Waals surface area contributed by atoms with Gasteiger partial charge in [0, 0.05) is 6.08 Å². The summed E-state index contributed by atoms with van der Waals surface area (Å²) in [5.41, 5.74) is -0.742. The summed E-state index contributed by atoms with van der Waals surface area (Å²) < 4.78 is 37.1. The van der Waals surface area contributed by atoms with Crippen LogP contribution in [0.2, 0.25) is 0 Å². The van der Waals surface area contributed by atoms with E-state index in [1.165, 1.54) is 6.92 Å². The van der Waals surface area contributed by atoms with Crippen molar-refractivity contribution >= 4 is 28.6 Å². The number of rotatable bonds is 7. The first-order valence-corrected chi connectivity index (χ1v) is 8.81. The van der Waals surface area contributed by atoms with Crippen LogP contribution in [0.1, 0.15) is 36.0 Å². The van der Waals surface area contributed by atoms with E-state index in [9.17, 15) is 27.4 Å². The van der Waals surface area contributed by atoms with Crippen molar-refractivity contribution < 1.29 is 67.9 Å². The number of hydrogen-bond donors (Lipinski definition) is 1. The van der Waals surface area contributed by atoms with Crippen LogP contribution in [0.5, 0.6) is 0 Å². The predicted molar refractivity (Wildman–Crippen MR) is 86.2 cm³/mol. The molecule has 1 aliphatic rings. The molecule has 2 atom stereocenters. The quantitative estimate of drug-likeness (QED) is 0.0918. The minimum atomic E-state index is -4.88. The van der Waals surface area contributed by atoms with E-state index >= 15 is 0 Å². The predicted octanol–water partition coefficient (Wildman–Crippen LogP) is -2.82. The molecule has 1 N–H and O–H groups in total. The number of hydroxylamine groups is 2. The van der Waals surface area contributed by atoms with Gasteiger partial charge in [0.15, 0.2) is 6.04 Å². The van der Waals surface area contributed by atoms with Gasteiger partial charge in [-0.3, -0.25) is 19.0 Å². The van der Waals surface area contributed by atoms with Gasteiger partial charge in [0.25, 0.3) is 5.91 Å². The van der Waals surface area contributed by atoms with Gasteiger partial charge >= 0.3 is 45.8 Å². The van der Waals surface area contributed by atoms with Crippen molar-refractivity contribution in [2.45, 2.75) is 52.3 Å². The second kappa shape index (κ2) is 9.29. The first-order chi connectivity index (χ1) is 11.3. The zero-order valence-corrected chi connectivity index (χ0v) is 18.4. The third kappa shape index (κ3) is 6.03. The molecule has 0 spiro atoms. The second-order valence-corrected chi connectivity index (χ2v) is 7.60. The van der Waals surface area contributed by atoms with Crippen LogP contribution >= 0.6 is 0 Å². The maximum absolute atomic E-state index is 12.2. The van der Waals surface area contributed by atoms with Crippen molar-refractivity contribution in [1.82, 2.24) is 9.37 Å².